The van der Waals surface area contributed by atoms with E-state index >= 15 is 0 Å². The van der Waals surface area contributed by atoms with Gasteiger partial charge in [-0.15, -0.1) is 0 Å². The SMILES string of the molecule is NC1CCC(N2CC(=O)NC2=O)CC1. The van der Waals surface area contributed by atoms with Crippen molar-refractivity contribution in [2.24, 2.45) is 5.73 Å². The molecule has 2 fully saturated rings. The van der Waals surface area contributed by atoms with Crippen LogP contribution < -0.4 is 11.1 Å². The fourth-order valence-electron chi connectivity index (χ4n) is 2.17. The number of carbonyl (C=O) groups is 2. The number of imide groups is 1. The minimum Gasteiger partial charge on any atom is -0.328 e. The number of urea groups is 1. The normalized spacial score (nSPS) is 33.4. The lowest BCUT2D eigenvalue weighted by Gasteiger charge is -2.31. The van der Waals surface area contributed by atoms with E-state index in [0.29, 0.717) is 0 Å². The molecule has 5 nitrogen and oxygen atoms in total. The summed E-state index contributed by atoms with van der Waals surface area (Å²) in [5.41, 5.74) is 5.77. The van der Waals surface area contributed by atoms with Gasteiger partial charge in [0.05, 0.1) is 0 Å². The molecule has 2 aliphatic rings. The van der Waals surface area contributed by atoms with E-state index in [9.17, 15) is 9.59 Å². The molecule has 2 rings (SSSR count). The molecule has 3 amide bonds. The molecule has 0 radical (unpaired) electrons. The quantitative estimate of drug-likeness (QED) is 0.572. The van der Waals surface area contributed by atoms with Gasteiger partial charge in [-0.3, -0.25) is 10.1 Å². The Bertz CT molecular complexity index is 259. The van der Waals surface area contributed by atoms with Crippen molar-refractivity contribution in [3.8, 4) is 0 Å². The fourth-order valence-corrected chi connectivity index (χ4v) is 2.17. The van der Waals surface area contributed by atoms with E-state index in [4.69, 9.17) is 5.73 Å². The third kappa shape index (κ3) is 1.72. The lowest BCUT2D eigenvalue weighted by atomic mass is 9.91. The smallest absolute Gasteiger partial charge is 0.324 e. The summed E-state index contributed by atoms with van der Waals surface area (Å²) in [6.07, 6.45) is 3.73. The van der Waals surface area contributed by atoms with E-state index in [1.165, 1.54) is 0 Å². The largest absolute Gasteiger partial charge is 0.328 e. The maximum atomic E-state index is 11.3. The molecule has 0 spiro atoms. The Kier molecular flexibility index (Phi) is 2.41. The van der Waals surface area contributed by atoms with E-state index in [1.807, 2.05) is 0 Å². The zero-order chi connectivity index (χ0) is 10.1. The molecule has 1 heterocycles. The third-order valence-corrected chi connectivity index (χ3v) is 3.00. The molecule has 78 valence electrons. The fraction of sp³-hybridized carbons (Fsp3) is 0.778. The first-order valence-electron chi connectivity index (χ1n) is 5.03. The molecule has 0 bridgehead atoms. The second-order valence-corrected chi connectivity index (χ2v) is 4.05. The number of hydrogen-bond donors (Lipinski definition) is 2. The second-order valence-electron chi connectivity index (χ2n) is 4.05. The van der Waals surface area contributed by atoms with Crippen molar-refractivity contribution in [2.45, 2.75) is 37.8 Å². The standard InChI is InChI=1S/C9H15N3O2/c10-6-1-3-7(4-2-6)12-5-8(13)11-9(12)14/h6-7H,1-5,10H2,(H,11,13,14). The predicted octanol–water partition coefficient (Wildman–Crippen LogP) is -0.192. The maximum Gasteiger partial charge on any atom is 0.324 e. The molecular weight excluding hydrogens is 182 g/mol. The Balaban J connectivity index is 1.95. The minimum absolute atomic E-state index is 0.190. The molecule has 5 heteroatoms. The molecule has 0 atom stereocenters. The van der Waals surface area contributed by atoms with Crippen molar-refractivity contribution in [3.05, 3.63) is 0 Å². The molecule has 14 heavy (non-hydrogen) atoms. The molecule has 3 N–H and O–H groups in total. The first-order chi connectivity index (χ1) is 6.66. The highest BCUT2D eigenvalue weighted by Crippen LogP contribution is 2.23. The Morgan fingerprint density at radius 2 is 1.86 bits per heavy atom. The van der Waals surface area contributed by atoms with Crippen LogP contribution in [-0.4, -0.2) is 35.5 Å². The zero-order valence-corrected chi connectivity index (χ0v) is 8.03. The number of rotatable bonds is 1. The van der Waals surface area contributed by atoms with Crippen LogP contribution in [0.3, 0.4) is 0 Å². The molecule has 1 aliphatic carbocycles. The van der Waals surface area contributed by atoms with Gasteiger partial charge in [0.25, 0.3) is 0 Å². The maximum absolute atomic E-state index is 11.3. The number of hydrogen-bond acceptors (Lipinski definition) is 3. The van der Waals surface area contributed by atoms with Crippen LogP contribution in [0, 0.1) is 0 Å². The lowest BCUT2D eigenvalue weighted by molar-refractivity contribution is -0.118. The van der Waals surface area contributed by atoms with Gasteiger partial charge < -0.3 is 10.6 Å². The first-order valence-corrected chi connectivity index (χ1v) is 5.03. The first kappa shape index (κ1) is 9.45. The van der Waals surface area contributed by atoms with Crippen LogP contribution in [0.15, 0.2) is 0 Å². The molecular formula is C9H15N3O2. The molecule has 0 aromatic rings. The summed E-state index contributed by atoms with van der Waals surface area (Å²) in [6.45, 7) is 0.221. The van der Waals surface area contributed by atoms with Crippen LogP contribution in [0.4, 0.5) is 4.79 Å². The number of carbonyl (C=O) groups excluding carboxylic acids is 2. The number of nitrogens with zero attached hydrogens (tertiary/aromatic N) is 1. The highest BCUT2D eigenvalue weighted by Gasteiger charge is 2.34. The van der Waals surface area contributed by atoms with Crippen LogP contribution >= 0.6 is 0 Å². The lowest BCUT2D eigenvalue weighted by Crippen LogP contribution is -2.42. The summed E-state index contributed by atoms with van der Waals surface area (Å²) >= 11 is 0. The summed E-state index contributed by atoms with van der Waals surface area (Å²) in [5, 5.41) is 2.29. The van der Waals surface area contributed by atoms with Gasteiger partial charge in [0.2, 0.25) is 5.91 Å². The summed E-state index contributed by atoms with van der Waals surface area (Å²) in [5.74, 6) is -0.190. The Morgan fingerprint density at radius 3 is 2.36 bits per heavy atom. The minimum atomic E-state index is -0.240. The van der Waals surface area contributed by atoms with E-state index in [2.05, 4.69) is 5.32 Å². The van der Waals surface area contributed by atoms with Gasteiger partial charge >= 0.3 is 6.03 Å². The number of nitrogens with two attached hydrogens (primary N) is 1. The average Bonchev–Trinajstić information content (AvgIpc) is 2.47. The van der Waals surface area contributed by atoms with Crippen LogP contribution in [0.25, 0.3) is 0 Å². The number of amides is 3. The summed E-state index contributed by atoms with van der Waals surface area (Å²) < 4.78 is 0. The number of nitrogens with one attached hydrogen (secondary N) is 1. The van der Waals surface area contributed by atoms with Gasteiger partial charge in [-0.1, -0.05) is 0 Å². The molecule has 1 saturated carbocycles. The van der Waals surface area contributed by atoms with Crippen molar-refractivity contribution >= 4 is 11.9 Å². The van der Waals surface area contributed by atoms with Gasteiger partial charge in [-0.05, 0) is 25.7 Å². The average molecular weight is 197 g/mol. The molecule has 1 saturated heterocycles. The Morgan fingerprint density at radius 1 is 1.21 bits per heavy atom. The Hall–Kier alpha value is -1.10. The monoisotopic (exact) mass is 197 g/mol. The van der Waals surface area contributed by atoms with Crippen molar-refractivity contribution in [2.75, 3.05) is 6.54 Å². The van der Waals surface area contributed by atoms with Gasteiger partial charge in [0.15, 0.2) is 0 Å². The van der Waals surface area contributed by atoms with E-state index in [1.54, 1.807) is 4.90 Å². The van der Waals surface area contributed by atoms with E-state index < -0.39 is 0 Å². The summed E-state index contributed by atoms with van der Waals surface area (Å²) in [7, 11) is 0. The van der Waals surface area contributed by atoms with Crippen molar-refractivity contribution in [1.29, 1.82) is 0 Å². The summed E-state index contributed by atoms with van der Waals surface area (Å²) in [6, 6.07) is 0.240. The predicted molar refractivity (Wildman–Crippen MR) is 50.5 cm³/mol. The zero-order valence-electron chi connectivity index (χ0n) is 8.03. The van der Waals surface area contributed by atoms with Crippen molar-refractivity contribution < 1.29 is 9.59 Å². The van der Waals surface area contributed by atoms with E-state index in [-0.39, 0.29) is 30.6 Å². The van der Waals surface area contributed by atoms with Gasteiger partial charge in [0.1, 0.15) is 6.54 Å². The van der Waals surface area contributed by atoms with Crippen LogP contribution in [0.1, 0.15) is 25.7 Å². The van der Waals surface area contributed by atoms with Gasteiger partial charge in [0, 0.05) is 12.1 Å². The van der Waals surface area contributed by atoms with Crippen LogP contribution in [0.2, 0.25) is 0 Å². The molecule has 0 aromatic heterocycles. The summed E-state index contributed by atoms with van der Waals surface area (Å²) in [4.78, 5) is 23.9. The van der Waals surface area contributed by atoms with Crippen LogP contribution in [0.5, 0.6) is 0 Å². The van der Waals surface area contributed by atoms with Crippen molar-refractivity contribution in [1.82, 2.24) is 10.2 Å². The highest BCUT2D eigenvalue weighted by molar-refractivity contribution is 6.02. The topological polar surface area (TPSA) is 75.4 Å². The van der Waals surface area contributed by atoms with Crippen molar-refractivity contribution in [3.63, 3.8) is 0 Å². The second kappa shape index (κ2) is 3.57. The Labute approximate surface area is 82.6 Å². The van der Waals surface area contributed by atoms with Gasteiger partial charge in [-0.2, -0.15) is 0 Å². The van der Waals surface area contributed by atoms with E-state index in [0.717, 1.165) is 25.7 Å². The molecule has 0 unspecified atom stereocenters. The molecule has 0 aromatic carbocycles. The highest BCUT2D eigenvalue weighted by atomic mass is 16.2. The van der Waals surface area contributed by atoms with Crippen LogP contribution in [-0.2, 0) is 4.79 Å². The van der Waals surface area contributed by atoms with Gasteiger partial charge in [-0.25, -0.2) is 4.79 Å². The third-order valence-electron chi connectivity index (χ3n) is 3.00. The molecule has 1 aliphatic heterocycles.